The third kappa shape index (κ3) is 7.02. The Bertz CT molecular complexity index is 885. The highest BCUT2D eigenvalue weighted by molar-refractivity contribution is 5.97. The average Bonchev–Trinajstić information content (AvgIpc) is 2.73. The van der Waals surface area contributed by atoms with Crippen molar-refractivity contribution in [2.24, 2.45) is 0 Å². The first-order valence-corrected chi connectivity index (χ1v) is 10.7. The third-order valence-corrected chi connectivity index (χ3v) is 4.87. The van der Waals surface area contributed by atoms with Crippen LogP contribution in [0.5, 0.6) is 11.5 Å². The van der Waals surface area contributed by atoms with Gasteiger partial charge in [-0.25, -0.2) is 0 Å². The number of ether oxygens (including phenoxy) is 2. The molecule has 0 aliphatic heterocycles. The summed E-state index contributed by atoms with van der Waals surface area (Å²) < 4.78 is 11.1. The topological polar surface area (TPSA) is 76.7 Å². The Morgan fingerprint density at radius 2 is 1.55 bits per heavy atom. The van der Waals surface area contributed by atoms with Crippen LogP contribution in [0.4, 0.5) is 0 Å². The molecule has 1 atom stereocenters. The van der Waals surface area contributed by atoms with Crippen molar-refractivity contribution in [3.63, 3.8) is 0 Å². The maximum absolute atomic E-state index is 12.5. The molecule has 0 heterocycles. The fraction of sp³-hybridized carbons (Fsp3) is 0.440. The second-order valence-electron chi connectivity index (χ2n) is 8.37. The van der Waals surface area contributed by atoms with Crippen LogP contribution in [0.3, 0.4) is 0 Å². The average molecular weight is 427 g/mol. The van der Waals surface area contributed by atoms with Crippen LogP contribution in [0.25, 0.3) is 0 Å². The van der Waals surface area contributed by atoms with Crippen LogP contribution < -0.4 is 20.1 Å². The molecule has 0 radical (unpaired) electrons. The summed E-state index contributed by atoms with van der Waals surface area (Å²) in [7, 11) is 0. The molecule has 0 aromatic heterocycles. The molecule has 31 heavy (non-hydrogen) atoms. The largest absolute Gasteiger partial charge is 0.490 e. The van der Waals surface area contributed by atoms with E-state index in [0.29, 0.717) is 30.3 Å². The van der Waals surface area contributed by atoms with Gasteiger partial charge in [-0.05, 0) is 55.5 Å². The Kier molecular flexibility index (Phi) is 8.48. The summed E-state index contributed by atoms with van der Waals surface area (Å²) in [6, 6.07) is 13.0. The van der Waals surface area contributed by atoms with Gasteiger partial charge in [0.1, 0.15) is 0 Å². The van der Waals surface area contributed by atoms with E-state index in [2.05, 4.69) is 43.5 Å². The summed E-state index contributed by atoms with van der Waals surface area (Å²) in [6.07, 6.45) is 0. The van der Waals surface area contributed by atoms with E-state index in [9.17, 15) is 9.59 Å². The van der Waals surface area contributed by atoms with Crippen molar-refractivity contribution >= 4 is 11.8 Å². The van der Waals surface area contributed by atoms with E-state index in [1.807, 2.05) is 32.9 Å². The maximum Gasteiger partial charge on any atom is 0.251 e. The number of benzene rings is 2. The lowest BCUT2D eigenvalue weighted by atomic mass is 9.86. The quantitative estimate of drug-likeness (QED) is 0.624. The van der Waals surface area contributed by atoms with Crippen molar-refractivity contribution in [2.75, 3.05) is 19.8 Å². The van der Waals surface area contributed by atoms with Gasteiger partial charge in [0.15, 0.2) is 11.5 Å². The number of rotatable bonds is 9. The van der Waals surface area contributed by atoms with Gasteiger partial charge in [-0.2, -0.15) is 0 Å². The summed E-state index contributed by atoms with van der Waals surface area (Å²) >= 11 is 0. The number of amides is 2. The second kappa shape index (κ2) is 10.8. The van der Waals surface area contributed by atoms with Gasteiger partial charge in [0.05, 0.1) is 25.8 Å². The zero-order valence-electron chi connectivity index (χ0n) is 19.4. The minimum Gasteiger partial charge on any atom is -0.490 e. The van der Waals surface area contributed by atoms with Gasteiger partial charge >= 0.3 is 0 Å². The number of hydrogen-bond donors (Lipinski definition) is 2. The summed E-state index contributed by atoms with van der Waals surface area (Å²) in [5, 5.41) is 5.58. The Labute approximate surface area is 185 Å². The third-order valence-electron chi connectivity index (χ3n) is 4.87. The van der Waals surface area contributed by atoms with E-state index >= 15 is 0 Å². The van der Waals surface area contributed by atoms with Gasteiger partial charge < -0.3 is 20.1 Å². The first-order valence-electron chi connectivity index (χ1n) is 10.7. The minimum absolute atomic E-state index is 0.0815. The van der Waals surface area contributed by atoms with Crippen LogP contribution in [0.2, 0.25) is 0 Å². The highest BCUT2D eigenvalue weighted by Crippen LogP contribution is 2.28. The first kappa shape index (κ1) is 24.3. The fourth-order valence-electron chi connectivity index (χ4n) is 3.10. The van der Waals surface area contributed by atoms with Crippen LogP contribution in [-0.4, -0.2) is 31.6 Å². The lowest BCUT2D eigenvalue weighted by molar-refractivity contribution is -0.120. The molecule has 0 aliphatic rings. The molecule has 2 aromatic carbocycles. The van der Waals surface area contributed by atoms with Gasteiger partial charge in [-0.15, -0.1) is 0 Å². The van der Waals surface area contributed by atoms with Gasteiger partial charge in [-0.3, -0.25) is 9.59 Å². The van der Waals surface area contributed by atoms with Crippen molar-refractivity contribution in [3.8, 4) is 11.5 Å². The molecule has 2 aromatic rings. The van der Waals surface area contributed by atoms with Crippen LogP contribution in [-0.2, 0) is 10.2 Å². The normalized spacial score (nSPS) is 12.1. The SMILES string of the molecule is CCOc1ccc(C(=O)NCC(=O)NC(C)c2ccc(C(C)(C)C)cc2)cc1OCC. The molecular weight excluding hydrogens is 392 g/mol. The van der Waals surface area contributed by atoms with E-state index in [-0.39, 0.29) is 29.8 Å². The number of carbonyl (C=O) groups excluding carboxylic acids is 2. The van der Waals surface area contributed by atoms with E-state index in [1.54, 1.807) is 18.2 Å². The number of carbonyl (C=O) groups is 2. The molecule has 0 fully saturated rings. The van der Waals surface area contributed by atoms with Crippen molar-refractivity contribution < 1.29 is 19.1 Å². The lowest BCUT2D eigenvalue weighted by Crippen LogP contribution is -2.38. The Hall–Kier alpha value is -3.02. The van der Waals surface area contributed by atoms with Crippen LogP contribution in [0.15, 0.2) is 42.5 Å². The van der Waals surface area contributed by atoms with Crippen molar-refractivity contribution in [3.05, 3.63) is 59.2 Å². The second-order valence-corrected chi connectivity index (χ2v) is 8.37. The van der Waals surface area contributed by atoms with Crippen LogP contribution in [0.1, 0.15) is 69.1 Å². The molecule has 2 rings (SSSR count). The predicted octanol–water partition coefficient (Wildman–Crippen LogP) is 4.39. The van der Waals surface area contributed by atoms with Gasteiger partial charge in [0, 0.05) is 5.56 Å². The molecule has 6 nitrogen and oxygen atoms in total. The van der Waals surface area contributed by atoms with Gasteiger partial charge in [0.2, 0.25) is 5.91 Å². The molecule has 6 heteroatoms. The molecule has 2 amide bonds. The molecule has 0 spiro atoms. The highest BCUT2D eigenvalue weighted by Gasteiger charge is 2.16. The van der Waals surface area contributed by atoms with Gasteiger partial charge in [-0.1, -0.05) is 45.0 Å². The van der Waals surface area contributed by atoms with Crippen molar-refractivity contribution in [2.45, 2.75) is 53.0 Å². The molecule has 0 aliphatic carbocycles. The minimum atomic E-state index is -0.346. The Balaban J connectivity index is 1.93. The summed E-state index contributed by atoms with van der Waals surface area (Å²) in [5.41, 5.74) is 2.74. The van der Waals surface area contributed by atoms with Crippen molar-refractivity contribution in [1.29, 1.82) is 0 Å². The highest BCUT2D eigenvalue weighted by atomic mass is 16.5. The first-order chi connectivity index (χ1) is 14.7. The van der Waals surface area contributed by atoms with E-state index in [1.165, 1.54) is 5.56 Å². The lowest BCUT2D eigenvalue weighted by Gasteiger charge is -2.21. The summed E-state index contributed by atoms with van der Waals surface area (Å²) in [5.74, 6) is 0.497. The van der Waals surface area contributed by atoms with Crippen LogP contribution in [0, 0.1) is 0 Å². The van der Waals surface area contributed by atoms with Crippen LogP contribution >= 0.6 is 0 Å². The number of hydrogen-bond acceptors (Lipinski definition) is 4. The zero-order chi connectivity index (χ0) is 23.0. The smallest absolute Gasteiger partial charge is 0.251 e. The number of nitrogens with one attached hydrogen (secondary N) is 2. The molecule has 0 bridgehead atoms. The molecule has 0 saturated heterocycles. The fourth-order valence-corrected chi connectivity index (χ4v) is 3.10. The summed E-state index contributed by atoms with van der Waals surface area (Å²) in [6.45, 7) is 13.0. The molecule has 2 N–H and O–H groups in total. The standard InChI is InChI=1S/C25H34N2O4/c1-7-30-21-14-11-19(15-22(21)31-8-2)24(29)26-16-23(28)27-17(3)18-9-12-20(13-10-18)25(4,5)6/h9-15,17H,7-8,16H2,1-6H3,(H,26,29)(H,27,28). The van der Waals surface area contributed by atoms with Crippen molar-refractivity contribution in [1.82, 2.24) is 10.6 Å². The summed E-state index contributed by atoms with van der Waals surface area (Å²) in [4.78, 5) is 24.8. The Morgan fingerprint density at radius 1 is 0.935 bits per heavy atom. The molecule has 1 unspecified atom stereocenters. The zero-order valence-corrected chi connectivity index (χ0v) is 19.4. The monoisotopic (exact) mass is 426 g/mol. The van der Waals surface area contributed by atoms with E-state index < -0.39 is 0 Å². The Morgan fingerprint density at radius 3 is 2.13 bits per heavy atom. The van der Waals surface area contributed by atoms with E-state index in [0.717, 1.165) is 5.56 Å². The maximum atomic E-state index is 12.5. The van der Waals surface area contributed by atoms with E-state index in [4.69, 9.17) is 9.47 Å². The molecule has 0 saturated carbocycles. The molecular formula is C25H34N2O4. The predicted molar refractivity (Wildman–Crippen MR) is 123 cm³/mol. The van der Waals surface area contributed by atoms with Gasteiger partial charge in [0.25, 0.3) is 5.91 Å². The molecule has 168 valence electrons.